The molecule has 2 aromatic rings. The molecular weight excluding hydrogens is 310 g/mol. The van der Waals surface area contributed by atoms with E-state index in [9.17, 15) is 4.79 Å². The first kappa shape index (κ1) is 14.3. The van der Waals surface area contributed by atoms with Crippen LogP contribution in [0.1, 0.15) is 12.2 Å². The monoisotopic (exact) mass is 318 g/mol. The van der Waals surface area contributed by atoms with E-state index in [0.717, 1.165) is 0 Å². The average Bonchev–Trinajstić information content (AvgIpc) is 2.80. The minimum absolute atomic E-state index is 0.0159. The van der Waals surface area contributed by atoms with Gasteiger partial charge in [0, 0.05) is 12.0 Å². The third kappa shape index (κ3) is 3.44. The maximum absolute atomic E-state index is 10.5. The first-order valence-corrected chi connectivity index (χ1v) is 6.56. The number of hydrogen-bond donors (Lipinski definition) is 1. The summed E-state index contributed by atoms with van der Waals surface area (Å²) in [6, 6.07) is 6.60. The van der Waals surface area contributed by atoms with Gasteiger partial charge in [-0.2, -0.15) is 0 Å². The van der Waals surface area contributed by atoms with Gasteiger partial charge in [0.15, 0.2) is 0 Å². The van der Waals surface area contributed by atoms with Crippen LogP contribution >= 0.6 is 34.8 Å². The number of hydrogen-bond acceptors (Lipinski definition) is 2. The van der Waals surface area contributed by atoms with E-state index in [-0.39, 0.29) is 6.42 Å². The van der Waals surface area contributed by atoms with Gasteiger partial charge in [0.05, 0.1) is 21.5 Å². The van der Waals surface area contributed by atoms with Gasteiger partial charge in [-0.25, -0.2) is 0 Å². The first-order chi connectivity index (χ1) is 8.97. The molecule has 0 saturated carbocycles. The zero-order chi connectivity index (χ0) is 14.0. The van der Waals surface area contributed by atoms with Crippen molar-refractivity contribution in [2.24, 2.45) is 0 Å². The molecule has 0 atom stereocenters. The van der Waals surface area contributed by atoms with Crippen LogP contribution in [0.5, 0.6) is 0 Å². The molecule has 0 aliphatic rings. The highest BCUT2D eigenvalue weighted by Gasteiger charge is 2.12. The number of carboxylic acids is 1. The van der Waals surface area contributed by atoms with Gasteiger partial charge in [-0.05, 0) is 24.3 Å². The normalized spacial score (nSPS) is 10.7. The van der Waals surface area contributed by atoms with Gasteiger partial charge >= 0.3 is 5.97 Å². The molecule has 0 aliphatic carbocycles. The summed E-state index contributed by atoms with van der Waals surface area (Å²) < 4.78 is 5.55. The highest BCUT2D eigenvalue weighted by molar-refractivity contribution is 6.44. The van der Waals surface area contributed by atoms with Crippen molar-refractivity contribution in [1.29, 1.82) is 0 Å². The summed E-state index contributed by atoms with van der Waals surface area (Å²) in [5, 5.41) is 9.79. The third-order valence-electron chi connectivity index (χ3n) is 2.52. The maximum Gasteiger partial charge on any atom is 0.303 e. The SMILES string of the molecule is O=C(O)CCc1ccc(-c2cc(Cl)c(Cl)cc2Cl)o1. The van der Waals surface area contributed by atoms with E-state index in [1.807, 2.05) is 0 Å². The third-order valence-corrected chi connectivity index (χ3v) is 3.56. The second-order valence-corrected chi connectivity index (χ2v) is 5.13. The van der Waals surface area contributed by atoms with Crippen molar-refractivity contribution >= 4 is 40.8 Å². The lowest BCUT2D eigenvalue weighted by atomic mass is 10.2. The Balaban J connectivity index is 2.27. The fourth-order valence-corrected chi connectivity index (χ4v) is 2.24. The Morgan fingerprint density at radius 3 is 2.47 bits per heavy atom. The van der Waals surface area contributed by atoms with Crippen molar-refractivity contribution in [2.75, 3.05) is 0 Å². The van der Waals surface area contributed by atoms with Crippen molar-refractivity contribution in [3.05, 3.63) is 45.1 Å². The predicted octanol–water partition coefficient (Wildman–Crippen LogP) is 4.92. The van der Waals surface area contributed by atoms with E-state index < -0.39 is 5.97 Å². The summed E-state index contributed by atoms with van der Waals surface area (Å²) >= 11 is 17.9. The summed E-state index contributed by atoms with van der Waals surface area (Å²) in [4.78, 5) is 10.5. The van der Waals surface area contributed by atoms with Crippen molar-refractivity contribution in [2.45, 2.75) is 12.8 Å². The number of carboxylic acid groups (broad SMARTS) is 1. The molecule has 0 saturated heterocycles. The van der Waals surface area contributed by atoms with Crippen LogP contribution in [0.15, 0.2) is 28.7 Å². The fraction of sp³-hybridized carbons (Fsp3) is 0.154. The summed E-state index contributed by atoms with van der Waals surface area (Å²) in [6.45, 7) is 0. The van der Waals surface area contributed by atoms with Crippen molar-refractivity contribution < 1.29 is 14.3 Å². The van der Waals surface area contributed by atoms with Crippen LogP contribution in [0.25, 0.3) is 11.3 Å². The molecular formula is C13H9Cl3O3. The quantitative estimate of drug-likeness (QED) is 0.813. The van der Waals surface area contributed by atoms with Crippen LogP contribution in [0.4, 0.5) is 0 Å². The van der Waals surface area contributed by atoms with Crippen LogP contribution in [-0.2, 0) is 11.2 Å². The zero-order valence-corrected chi connectivity index (χ0v) is 11.9. The first-order valence-electron chi connectivity index (χ1n) is 5.43. The maximum atomic E-state index is 10.5. The van der Waals surface area contributed by atoms with E-state index in [1.165, 1.54) is 0 Å². The molecule has 1 aromatic carbocycles. The van der Waals surface area contributed by atoms with Crippen LogP contribution in [0.2, 0.25) is 15.1 Å². The van der Waals surface area contributed by atoms with E-state index in [2.05, 4.69) is 0 Å². The van der Waals surface area contributed by atoms with E-state index in [1.54, 1.807) is 24.3 Å². The molecule has 0 spiro atoms. The second-order valence-electron chi connectivity index (χ2n) is 3.91. The van der Waals surface area contributed by atoms with Crippen molar-refractivity contribution in [3.8, 4) is 11.3 Å². The molecule has 100 valence electrons. The highest BCUT2D eigenvalue weighted by Crippen LogP contribution is 2.36. The molecule has 1 N–H and O–H groups in total. The lowest BCUT2D eigenvalue weighted by molar-refractivity contribution is -0.137. The van der Waals surface area contributed by atoms with Gasteiger partial charge in [0.25, 0.3) is 0 Å². The van der Waals surface area contributed by atoms with Gasteiger partial charge in [0.2, 0.25) is 0 Å². The average molecular weight is 320 g/mol. The Morgan fingerprint density at radius 2 is 1.79 bits per heavy atom. The van der Waals surface area contributed by atoms with Crippen LogP contribution in [-0.4, -0.2) is 11.1 Å². The number of aliphatic carboxylic acids is 1. The van der Waals surface area contributed by atoms with Crippen LogP contribution < -0.4 is 0 Å². The van der Waals surface area contributed by atoms with Crippen LogP contribution in [0, 0.1) is 0 Å². The van der Waals surface area contributed by atoms with Gasteiger partial charge in [0.1, 0.15) is 11.5 Å². The Labute approximate surface area is 124 Å². The molecule has 0 bridgehead atoms. The second kappa shape index (κ2) is 5.87. The van der Waals surface area contributed by atoms with E-state index >= 15 is 0 Å². The summed E-state index contributed by atoms with van der Waals surface area (Å²) in [5.74, 6) is 0.244. The van der Waals surface area contributed by atoms with Gasteiger partial charge < -0.3 is 9.52 Å². The molecule has 3 nitrogen and oxygen atoms in total. The summed E-state index contributed by atoms with van der Waals surface area (Å²) in [7, 11) is 0. The largest absolute Gasteiger partial charge is 0.481 e. The smallest absolute Gasteiger partial charge is 0.303 e. The van der Waals surface area contributed by atoms with Gasteiger partial charge in [-0.1, -0.05) is 34.8 Å². The minimum Gasteiger partial charge on any atom is -0.481 e. The molecule has 0 radical (unpaired) electrons. The Hall–Kier alpha value is -1.16. The minimum atomic E-state index is -0.870. The Bertz CT molecular complexity index is 620. The Morgan fingerprint density at radius 1 is 1.11 bits per heavy atom. The molecule has 0 unspecified atom stereocenters. The summed E-state index contributed by atoms with van der Waals surface area (Å²) in [5.41, 5.74) is 0.623. The number of carbonyl (C=O) groups is 1. The van der Waals surface area contributed by atoms with Crippen LogP contribution in [0.3, 0.4) is 0 Å². The van der Waals surface area contributed by atoms with Crippen molar-refractivity contribution in [3.63, 3.8) is 0 Å². The topological polar surface area (TPSA) is 50.4 Å². The molecule has 1 heterocycles. The van der Waals surface area contributed by atoms with Gasteiger partial charge in [-0.3, -0.25) is 4.79 Å². The van der Waals surface area contributed by atoms with E-state index in [4.69, 9.17) is 44.3 Å². The lowest BCUT2D eigenvalue weighted by Crippen LogP contribution is -1.96. The molecule has 1 aromatic heterocycles. The van der Waals surface area contributed by atoms with Crippen molar-refractivity contribution in [1.82, 2.24) is 0 Å². The molecule has 2 rings (SSSR count). The number of halogens is 3. The molecule has 19 heavy (non-hydrogen) atoms. The highest BCUT2D eigenvalue weighted by atomic mass is 35.5. The number of benzene rings is 1. The summed E-state index contributed by atoms with van der Waals surface area (Å²) in [6.07, 6.45) is 0.344. The lowest BCUT2D eigenvalue weighted by Gasteiger charge is -2.03. The number of rotatable bonds is 4. The standard InChI is InChI=1S/C13H9Cl3O3/c14-9-6-11(16)10(15)5-8(9)12-3-1-7(19-12)2-4-13(17)18/h1,3,5-6H,2,4H2,(H,17,18). The Kier molecular flexibility index (Phi) is 4.40. The van der Waals surface area contributed by atoms with E-state index in [0.29, 0.717) is 38.6 Å². The molecule has 6 heteroatoms. The number of furan rings is 1. The fourth-order valence-electron chi connectivity index (χ4n) is 1.60. The molecule has 0 aliphatic heterocycles. The number of aryl methyl sites for hydroxylation is 1. The molecule has 0 fully saturated rings. The van der Waals surface area contributed by atoms with Gasteiger partial charge in [-0.15, -0.1) is 0 Å². The molecule has 0 amide bonds. The predicted molar refractivity (Wildman–Crippen MR) is 75.1 cm³/mol. The zero-order valence-electron chi connectivity index (χ0n) is 9.62.